The van der Waals surface area contributed by atoms with Crippen LogP contribution in [0.25, 0.3) is 5.82 Å². The van der Waals surface area contributed by atoms with Gasteiger partial charge in [0.15, 0.2) is 5.82 Å². The van der Waals surface area contributed by atoms with E-state index in [1.54, 1.807) is 12.1 Å². The van der Waals surface area contributed by atoms with E-state index in [0.29, 0.717) is 11.5 Å². The summed E-state index contributed by atoms with van der Waals surface area (Å²) in [7, 11) is -3.48. The maximum Gasteiger partial charge on any atom is 0.234 e. The van der Waals surface area contributed by atoms with E-state index < -0.39 is 10.0 Å². The molecular weight excluding hydrogens is 278 g/mol. The molecule has 0 aromatic carbocycles. The molecule has 0 saturated heterocycles. The number of alkyl halides is 1. The summed E-state index contributed by atoms with van der Waals surface area (Å²) in [6.07, 6.45) is 4.31. The average Bonchev–Trinajstić information content (AvgIpc) is 2.82. The van der Waals surface area contributed by atoms with Crippen LogP contribution in [-0.2, 0) is 10.0 Å². The van der Waals surface area contributed by atoms with Crippen LogP contribution in [0.5, 0.6) is 0 Å². The molecule has 1 N–H and O–H groups in total. The van der Waals surface area contributed by atoms with Crippen LogP contribution in [-0.4, -0.2) is 39.8 Å². The van der Waals surface area contributed by atoms with Crippen LogP contribution >= 0.6 is 11.6 Å². The first-order chi connectivity index (χ1) is 8.62. The van der Waals surface area contributed by atoms with Gasteiger partial charge in [-0.25, -0.2) is 23.1 Å². The van der Waals surface area contributed by atoms with Gasteiger partial charge < -0.3 is 0 Å². The number of hydrogen-bond acceptors (Lipinski definition) is 5. The van der Waals surface area contributed by atoms with Gasteiger partial charge in [0, 0.05) is 12.1 Å². The van der Waals surface area contributed by atoms with Gasteiger partial charge in [-0.1, -0.05) is 0 Å². The molecule has 0 spiro atoms. The number of sulfonamides is 1. The van der Waals surface area contributed by atoms with Crippen molar-refractivity contribution in [3.8, 4) is 5.82 Å². The summed E-state index contributed by atoms with van der Waals surface area (Å²) in [5.41, 5.74) is 0.327. The minimum atomic E-state index is -3.48. The van der Waals surface area contributed by atoms with Crippen molar-refractivity contribution < 1.29 is 8.42 Å². The van der Waals surface area contributed by atoms with Crippen molar-refractivity contribution in [1.82, 2.24) is 19.7 Å². The number of pyridine rings is 1. The fraction of sp³-hybridized carbons (Fsp3) is 0.222. The highest BCUT2D eigenvalue weighted by Crippen LogP contribution is 2.17. The molecule has 0 fully saturated rings. The van der Waals surface area contributed by atoms with Crippen LogP contribution in [0.2, 0.25) is 0 Å². The number of nitrogens with one attached hydrogen (secondary N) is 1. The van der Waals surface area contributed by atoms with Crippen LogP contribution in [0, 0.1) is 0 Å². The Bertz CT molecular complexity index is 614. The number of nitrogens with zero attached hydrogens (tertiary/aromatic N) is 4. The van der Waals surface area contributed by atoms with E-state index in [9.17, 15) is 8.42 Å². The number of rotatable bonds is 5. The molecule has 0 amide bonds. The molecule has 9 heteroatoms. The van der Waals surface area contributed by atoms with Crippen LogP contribution in [0.1, 0.15) is 0 Å². The van der Waals surface area contributed by atoms with E-state index in [0.717, 1.165) is 0 Å². The normalized spacial score (nSPS) is 11.4. The first-order valence-electron chi connectivity index (χ1n) is 4.99. The summed E-state index contributed by atoms with van der Waals surface area (Å²) in [5, 5.41) is 3.91. The van der Waals surface area contributed by atoms with Gasteiger partial charge in [0.1, 0.15) is 12.7 Å². The van der Waals surface area contributed by atoms with Gasteiger partial charge in [-0.2, -0.15) is 5.10 Å². The summed E-state index contributed by atoms with van der Waals surface area (Å²) >= 11 is 5.43. The molecule has 0 unspecified atom stereocenters. The highest BCUT2D eigenvalue weighted by atomic mass is 35.5. The first kappa shape index (κ1) is 12.8. The van der Waals surface area contributed by atoms with Gasteiger partial charge in [-0.15, -0.1) is 11.6 Å². The second-order valence-electron chi connectivity index (χ2n) is 3.32. The van der Waals surface area contributed by atoms with Gasteiger partial charge in [0.25, 0.3) is 0 Å². The van der Waals surface area contributed by atoms with E-state index in [2.05, 4.69) is 19.8 Å². The lowest BCUT2D eigenvalue weighted by Gasteiger charge is -2.10. The lowest BCUT2D eigenvalue weighted by atomic mass is 10.4. The maximum atomic E-state index is 11.7. The van der Waals surface area contributed by atoms with E-state index in [1.165, 1.54) is 23.5 Å². The molecule has 0 saturated carbocycles. The zero-order valence-corrected chi connectivity index (χ0v) is 10.8. The Balaban J connectivity index is 2.35. The zero-order chi connectivity index (χ0) is 13.0. The lowest BCUT2D eigenvalue weighted by molar-refractivity contribution is 0.602. The summed E-state index contributed by atoms with van der Waals surface area (Å²) in [6.45, 7) is 0. The third-order valence-corrected chi connectivity index (χ3v) is 3.72. The monoisotopic (exact) mass is 287 g/mol. The van der Waals surface area contributed by atoms with E-state index in [-0.39, 0.29) is 11.6 Å². The molecule has 2 heterocycles. The van der Waals surface area contributed by atoms with Crippen LogP contribution in [0.15, 0.2) is 31.0 Å². The van der Waals surface area contributed by atoms with Gasteiger partial charge in [-0.3, -0.25) is 4.72 Å². The van der Waals surface area contributed by atoms with Crippen molar-refractivity contribution in [3.63, 3.8) is 0 Å². The number of anilines is 1. The molecule has 0 aliphatic rings. The van der Waals surface area contributed by atoms with E-state index >= 15 is 0 Å². The predicted molar refractivity (Wildman–Crippen MR) is 67.3 cm³/mol. The summed E-state index contributed by atoms with van der Waals surface area (Å²) < 4.78 is 27.1. The number of hydrogen-bond donors (Lipinski definition) is 1. The summed E-state index contributed by atoms with van der Waals surface area (Å²) in [6, 6.07) is 3.22. The summed E-state index contributed by atoms with van der Waals surface area (Å²) in [5.74, 6) is 0.210. The van der Waals surface area contributed by atoms with Crippen LogP contribution < -0.4 is 4.72 Å². The Morgan fingerprint density at radius 1 is 1.44 bits per heavy atom. The van der Waals surface area contributed by atoms with Crippen LogP contribution in [0.3, 0.4) is 0 Å². The molecule has 0 atom stereocenters. The fourth-order valence-electron chi connectivity index (χ4n) is 1.30. The second-order valence-corrected chi connectivity index (χ2v) is 5.54. The SMILES string of the molecule is O=S(=O)(CCCl)Nc1cccnc1-n1cncn1. The lowest BCUT2D eigenvalue weighted by Crippen LogP contribution is -2.19. The topological polar surface area (TPSA) is 89.8 Å². The van der Waals surface area contributed by atoms with Crippen molar-refractivity contribution in [3.05, 3.63) is 31.0 Å². The quantitative estimate of drug-likeness (QED) is 0.815. The molecule has 7 nitrogen and oxygen atoms in total. The van der Waals surface area contributed by atoms with Crippen molar-refractivity contribution >= 4 is 27.3 Å². The smallest absolute Gasteiger partial charge is 0.234 e. The van der Waals surface area contributed by atoms with Gasteiger partial charge in [-0.05, 0) is 12.1 Å². The largest absolute Gasteiger partial charge is 0.280 e. The Kier molecular flexibility index (Phi) is 3.78. The van der Waals surface area contributed by atoms with Gasteiger partial charge in [0.2, 0.25) is 10.0 Å². The fourth-order valence-corrected chi connectivity index (χ4v) is 2.71. The molecule has 0 radical (unpaired) electrons. The molecule has 2 aromatic rings. The highest BCUT2D eigenvalue weighted by molar-refractivity contribution is 7.92. The second kappa shape index (κ2) is 5.32. The predicted octanol–water partition coefficient (Wildman–Crippen LogP) is 0.643. The number of aromatic nitrogens is 4. The van der Waals surface area contributed by atoms with Crippen LogP contribution in [0.4, 0.5) is 5.69 Å². The minimum absolute atomic E-state index is 0.0221. The van der Waals surface area contributed by atoms with Gasteiger partial charge >= 0.3 is 0 Å². The Morgan fingerprint density at radius 3 is 2.94 bits per heavy atom. The molecule has 2 rings (SSSR count). The van der Waals surface area contributed by atoms with Crippen molar-refractivity contribution in [1.29, 1.82) is 0 Å². The molecule has 0 aliphatic carbocycles. The Labute approximate surface area is 109 Å². The number of halogens is 1. The van der Waals surface area contributed by atoms with E-state index in [4.69, 9.17) is 11.6 Å². The van der Waals surface area contributed by atoms with E-state index in [1.807, 2.05) is 0 Å². The Morgan fingerprint density at radius 2 is 2.28 bits per heavy atom. The third-order valence-electron chi connectivity index (χ3n) is 2.03. The standard InChI is InChI=1S/C9H10ClN5O2S/c10-3-5-18(16,17)14-8-2-1-4-12-9(8)15-7-11-6-13-15/h1-2,4,6-7,14H,3,5H2. The first-order valence-corrected chi connectivity index (χ1v) is 7.17. The average molecular weight is 288 g/mol. The van der Waals surface area contributed by atoms with Crippen molar-refractivity contribution in [2.75, 3.05) is 16.4 Å². The van der Waals surface area contributed by atoms with Gasteiger partial charge in [0.05, 0.1) is 11.4 Å². The highest BCUT2D eigenvalue weighted by Gasteiger charge is 2.14. The minimum Gasteiger partial charge on any atom is -0.280 e. The third kappa shape index (κ3) is 2.96. The molecule has 0 bridgehead atoms. The zero-order valence-electron chi connectivity index (χ0n) is 9.19. The van der Waals surface area contributed by atoms with Crippen molar-refractivity contribution in [2.45, 2.75) is 0 Å². The van der Waals surface area contributed by atoms with Crippen molar-refractivity contribution in [2.24, 2.45) is 0 Å². The maximum absolute atomic E-state index is 11.7. The molecule has 2 aromatic heterocycles. The molecule has 18 heavy (non-hydrogen) atoms. The Hall–Kier alpha value is -1.67. The summed E-state index contributed by atoms with van der Waals surface area (Å²) in [4.78, 5) is 7.85. The molecule has 0 aliphatic heterocycles. The molecule has 96 valence electrons. The molecular formula is C9H10ClN5O2S.